The Morgan fingerprint density at radius 1 is 0.964 bits per heavy atom. The SMILES string of the molecule is CCCC1(CC)C=C(c2cc(-c3ccccc3)cc(CC)c2NC)CCCC1. The summed E-state index contributed by atoms with van der Waals surface area (Å²) in [7, 11) is 2.08. The Balaban J connectivity index is 2.18. The van der Waals surface area contributed by atoms with Gasteiger partial charge in [-0.05, 0) is 78.3 Å². The van der Waals surface area contributed by atoms with Crippen LogP contribution in [0.2, 0.25) is 0 Å². The van der Waals surface area contributed by atoms with Gasteiger partial charge in [-0.2, -0.15) is 0 Å². The van der Waals surface area contributed by atoms with Crippen molar-refractivity contribution >= 4 is 11.3 Å². The van der Waals surface area contributed by atoms with Crippen molar-refractivity contribution in [1.82, 2.24) is 0 Å². The van der Waals surface area contributed by atoms with E-state index in [0.717, 1.165) is 6.42 Å². The van der Waals surface area contributed by atoms with Crippen LogP contribution < -0.4 is 5.32 Å². The zero-order valence-corrected chi connectivity index (χ0v) is 18.3. The predicted molar refractivity (Wildman–Crippen MR) is 125 cm³/mol. The lowest BCUT2D eigenvalue weighted by atomic mass is 9.76. The molecule has 0 radical (unpaired) electrons. The fraction of sp³-hybridized carbons (Fsp3) is 0.481. The number of hydrogen-bond acceptors (Lipinski definition) is 1. The molecule has 1 nitrogen and oxygen atoms in total. The van der Waals surface area contributed by atoms with Crippen LogP contribution in [-0.2, 0) is 6.42 Å². The fourth-order valence-electron chi connectivity index (χ4n) is 5.00. The quantitative estimate of drug-likeness (QED) is 0.515. The van der Waals surface area contributed by atoms with Crippen LogP contribution in [0.4, 0.5) is 5.69 Å². The maximum Gasteiger partial charge on any atom is 0.0446 e. The van der Waals surface area contributed by atoms with Gasteiger partial charge in [-0.1, -0.05) is 70.0 Å². The van der Waals surface area contributed by atoms with Gasteiger partial charge in [0.2, 0.25) is 0 Å². The number of benzene rings is 2. The van der Waals surface area contributed by atoms with E-state index < -0.39 is 0 Å². The van der Waals surface area contributed by atoms with Crippen molar-refractivity contribution < 1.29 is 0 Å². The summed E-state index contributed by atoms with van der Waals surface area (Å²) < 4.78 is 0. The van der Waals surface area contributed by atoms with Gasteiger partial charge in [0.15, 0.2) is 0 Å². The minimum atomic E-state index is 0.376. The van der Waals surface area contributed by atoms with Gasteiger partial charge in [0.25, 0.3) is 0 Å². The maximum atomic E-state index is 3.55. The highest BCUT2D eigenvalue weighted by Crippen LogP contribution is 2.44. The fourth-order valence-corrected chi connectivity index (χ4v) is 5.00. The smallest absolute Gasteiger partial charge is 0.0446 e. The average Bonchev–Trinajstić information content (AvgIpc) is 2.96. The van der Waals surface area contributed by atoms with Gasteiger partial charge < -0.3 is 5.32 Å². The second-order valence-corrected chi connectivity index (χ2v) is 8.37. The van der Waals surface area contributed by atoms with Crippen LogP contribution >= 0.6 is 0 Å². The molecule has 2 aromatic carbocycles. The summed E-state index contributed by atoms with van der Waals surface area (Å²) in [6, 6.07) is 15.6. The number of allylic oxidation sites excluding steroid dienone is 2. The highest BCUT2D eigenvalue weighted by molar-refractivity contribution is 5.83. The molecule has 1 aliphatic carbocycles. The number of hydrogen-bond donors (Lipinski definition) is 1. The first kappa shape index (κ1) is 20.7. The molecule has 1 N–H and O–H groups in total. The third-order valence-electron chi connectivity index (χ3n) is 6.61. The number of nitrogens with one attached hydrogen (secondary N) is 1. The monoisotopic (exact) mass is 375 g/mol. The molecule has 0 amide bonds. The van der Waals surface area contributed by atoms with E-state index in [1.54, 1.807) is 5.57 Å². The standard InChI is InChI=1S/C27H37N/c1-5-16-27(7-3)17-12-11-15-23(20-27)25-19-24(22-13-9-8-10-14-22)18-21(6-2)26(25)28-4/h8-10,13-14,18-20,28H,5-7,11-12,15-17H2,1-4H3. The molecule has 0 aliphatic heterocycles. The summed E-state index contributed by atoms with van der Waals surface area (Å²) in [4.78, 5) is 0. The second-order valence-electron chi connectivity index (χ2n) is 8.37. The lowest BCUT2D eigenvalue weighted by Crippen LogP contribution is -2.16. The molecular weight excluding hydrogens is 338 g/mol. The normalized spacial score (nSPS) is 19.8. The Morgan fingerprint density at radius 2 is 1.75 bits per heavy atom. The van der Waals surface area contributed by atoms with Crippen LogP contribution in [-0.4, -0.2) is 7.05 Å². The molecule has 0 fully saturated rings. The molecular formula is C27H37N. The van der Waals surface area contributed by atoms with Crippen molar-refractivity contribution in [1.29, 1.82) is 0 Å². The molecule has 150 valence electrons. The van der Waals surface area contributed by atoms with Crippen molar-refractivity contribution in [3.8, 4) is 11.1 Å². The van der Waals surface area contributed by atoms with Crippen LogP contribution in [0.1, 0.15) is 76.8 Å². The highest BCUT2D eigenvalue weighted by atomic mass is 14.8. The van der Waals surface area contributed by atoms with Crippen LogP contribution in [0.25, 0.3) is 16.7 Å². The van der Waals surface area contributed by atoms with Crippen molar-refractivity contribution in [3.05, 3.63) is 59.7 Å². The number of rotatable bonds is 7. The summed E-state index contributed by atoms with van der Waals surface area (Å²) >= 11 is 0. The zero-order chi connectivity index (χ0) is 20.0. The number of aryl methyl sites for hydroxylation is 1. The van der Waals surface area contributed by atoms with Gasteiger partial charge in [-0.15, -0.1) is 0 Å². The summed E-state index contributed by atoms with van der Waals surface area (Å²) in [6.07, 6.45) is 12.7. The topological polar surface area (TPSA) is 12.0 Å². The van der Waals surface area contributed by atoms with Crippen molar-refractivity contribution in [2.24, 2.45) is 5.41 Å². The third-order valence-corrected chi connectivity index (χ3v) is 6.61. The Bertz CT molecular complexity index is 803. The molecule has 3 rings (SSSR count). The van der Waals surface area contributed by atoms with Crippen LogP contribution in [0.5, 0.6) is 0 Å². The molecule has 0 spiro atoms. The molecule has 0 heterocycles. The van der Waals surface area contributed by atoms with E-state index in [4.69, 9.17) is 0 Å². The van der Waals surface area contributed by atoms with E-state index in [2.05, 4.69) is 81.7 Å². The Hall–Kier alpha value is -2.02. The molecule has 1 atom stereocenters. The lowest BCUT2D eigenvalue weighted by molar-refractivity contribution is 0.302. The molecule has 1 unspecified atom stereocenters. The first-order chi connectivity index (χ1) is 13.7. The van der Waals surface area contributed by atoms with E-state index in [1.807, 2.05) is 0 Å². The first-order valence-electron chi connectivity index (χ1n) is 11.3. The van der Waals surface area contributed by atoms with E-state index >= 15 is 0 Å². The average molecular weight is 376 g/mol. The van der Waals surface area contributed by atoms with E-state index in [-0.39, 0.29) is 0 Å². The predicted octanol–water partition coefficient (Wildman–Crippen LogP) is 8.11. The van der Waals surface area contributed by atoms with Gasteiger partial charge in [-0.3, -0.25) is 0 Å². The van der Waals surface area contributed by atoms with Crippen LogP contribution in [0.3, 0.4) is 0 Å². The summed E-state index contributed by atoms with van der Waals surface area (Å²) in [6.45, 7) is 6.98. The van der Waals surface area contributed by atoms with Gasteiger partial charge in [0.05, 0.1) is 0 Å². The largest absolute Gasteiger partial charge is 0.387 e. The molecule has 2 aromatic rings. The van der Waals surface area contributed by atoms with Crippen molar-refractivity contribution in [2.75, 3.05) is 12.4 Å². The summed E-state index contributed by atoms with van der Waals surface area (Å²) in [5.41, 5.74) is 8.76. The molecule has 1 aliphatic rings. The Labute approximate surface area is 172 Å². The maximum absolute atomic E-state index is 3.55. The van der Waals surface area contributed by atoms with Crippen LogP contribution in [0, 0.1) is 5.41 Å². The van der Waals surface area contributed by atoms with Gasteiger partial charge in [0, 0.05) is 18.3 Å². The van der Waals surface area contributed by atoms with E-state index in [1.165, 1.54) is 72.9 Å². The third kappa shape index (κ3) is 4.35. The Kier molecular flexibility index (Phi) is 6.99. The van der Waals surface area contributed by atoms with Gasteiger partial charge in [0.1, 0.15) is 0 Å². The minimum Gasteiger partial charge on any atom is -0.387 e. The highest BCUT2D eigenvalue weighted by Gasteiger charge is 2.28. The molecule has 0 saturated carbocycles. The minimum absolute atomic E-state index is 0.376. The van der Waals surface area contributed by atoms with E-state index in [0.29, 0.717) is 5.41 Å². The van der Waals surface area contributed by atoms with Gasteiger partial charge in [-0.25, -0.2) is 0 Å². The van der Waals surface area contributed by atoms with Crippen molar-refractivity contribution in [3.63, 3.8) is 0 Å². The first-order valence-corrected chi connectivity index (χ1v) is 11.3. The second kappa shape index (κ2) is 9.45. The molecule has 1 heteroatoms. The molecule has 0 saturated heterocycles. The molecule has 0 aromatic heterocycles. The summed E-state index contributed by atoms with van der Waals surface area (Å²) in [5, 5.41) is 3.55. The summed E-state index contributed by atoms with van der Waals surface area (Å²) in [5.74, 6) is 0. The van der Waals surface area contributed by atoms with E-state index in [9.17, 15) is 0 Å². The Morgan fingerprint density at radius 3 is 2.39 bits per heavy atom. The number of anilines is 1. The van der Waals surface area contributed by atoms with Crippen LogP contribution in [0.15, 0.2) is 48.5 Å². The zero-order valence-electron chi connectivity index (χ0n) is 18.3. The lowest BCUT2D eigenvalue weighted by Gasteiger charge is -2.29. The molecule has 0 bridgehead atoms. The molecule has 28 heavy (non-hydrogen) atoms. The van der Waals surface area contributed by atoms with Gasteiger partial charge >= 0.3 is 0 Å². The van der Waals surface area contributed by atoms with Crippen molar-refractivity contribution in [2.45, 2.75) is 72.1 Å².